The molecular formula is C24H30Br2N2O7. The molecule has 2 saturated heterocycles. The Kier molecular flexibility index (Phi) is 9.88. The first-order valence-corrected chi connectivity index (χ1v) is 12.7. The summed E-state index contributed by atoms with van der Waals surface area (Å²) in [6, 6.07) is 7.31. The molecule has 35 heavy (non-hydrogen) atoms. The lowest BCUT2D eigenvalue weighted by atomic mass is 9.84. The Labute approximate surface area is 221 Å². The Morgan fingerprint density at radius 1 is 0.943 bits per heavy atom. The van der Waals surface area contributed by atoms with Crippen molar-refractivity contribution >= 4 is 37.8 Å². The van der Waals surface area contributed by atoms with Gasteiger partial charge >= 0.3 is 5.97 Å². The van der Waals surface area contributed by atoms with Gasteiger partial charge in [0.15, 0.2) is 0 Å². The predicted octanol–water partition coefficient (Wildman–Crippen LogP) is 3.58. The van der Waals surface area contributed by atoms with Gasteiger partial charge in [0.25, 0.3) is 0 Å². The monoisotopic (exact) mass is 616 g/mol. The molecule has 1 unspecified atom stereocenters. The van der Waals surface area contributed by atoms with E-state index >= 15 is 0 Å². The largest absolute Gasteiger partial charge is 0.497 e. The molecule has 0 aliphatic carbocycles. The average molecular weight is 618 g/mol. The zero-order valence-electron chi connectivity index (χ0n) is 20.0. The second kappa shape index (κ2) is 12.4. The van der Waals surface area contributed by atoms with Crippen LogP contribution in [0.1, 0.15) is 31.2 Å². The second-order valence-electron chi connectivity index (χ2n) is 8.53. The third-order valence-corrected chi connectivity index (χ3v) is 6.97. The molecule has 2 fully saturated rings. The van der Waals surface area contributed by atoms with Crippen molar-refractivity contribution in [3.63, 3.8) is 0 Å². The summed E-state index contributed by atoms with van der Waals surface area (Å²) in [6.45, 7) is 4.02. The molecule has 0 saturated carbocycles. The summed E-state index contributed by atoms with van der Waals surface area (Å²) in [5.41, 5.74) is 0.871. The van der Waals surface area contributed by atoms with E-state index in [2.05, 4.69) is 41.8 Å². The highest BCUT2D eigenvalue weighted by atomic mass is 79.9. The minimum Gasteiger partial charge on any atom is -0.497 e. The predicted molar refractivity (Wildman–Crippen MR) is 135 cm³/mol. The number of methoxy groups -OCH3 is 2. The van der Waals surface area contributed by atoms with Crippen LogP contribution in [0.4, 0.5) is 0 Å². The van der Waals surface area contributed by atoms with E-state index in [1.807, 2.05) is 12.1 Å². The Morgan fingerprint density at radius 3 is 1.83 bits per heavy atom. The quantitative estimate of drug-likeness (QED) is 0.368. The van der Waals surface area contributed by atoms with E-state index < -0.39 is 0 Å². The maximum absolute atomic E-state index is 11.0. The highest BCUT2D eigenvalue weighted by Crippen LogP contribution is 2.36. The number of aliphatic hydroxyl groups is 1. The maximum atomic E-state index is 11.0. The van der Waals surface area contributed by atoms with Crippen molar-refractivity contribution in [3.05, 3.63) is 44.9 Å². The fraction of sp³-hybridized carbons (Fsp3) is 0.542. The second-order valence-corrected chi connectivity index (χ2v) is 10.2. The smallest absolute Gasteiger partial charge is 0.302 e. The number of hydrogen-bond acceptors (Lipinski definition) is 9. The van der Waals surface area contributed by atoms with Crippen molar-refractivity contribution in [2.45, 2.75) is 30.6 Å². The first-order valence-electron chi connectivity index (χ1n) is 11.1. The van der Waals surface area contributed by atoms with E-state index in [0.29, 0.717) is 41.4 Å². The zero-order chi connectivity index (χ0) is 25.5. The molecule has 2 aliphatic rings. The normalized spacial score (nSPS) is 23.4. The van der Waals surface area contributed by atoms with Crippen LogP contribution in [0.2, 0.25) is 0 Å². The van der Waals surface area contributed by atoms with Crippen LogP contribution >= 0.6 is 31.9 Å². The highest BCUT2D eigenvalue weighted by Gasteiger charge is 2.40. The van der Waals surface area contributed by atoms with Gasteiger partial charge in [0.1, 0.15) is 27.3 Å². The van der Waals surface area contributed by atoms with Gasteiger partial charge in [-0.05, 0) is 44.7 Å². The van der Waals surface area contributed by atoms with Crippen LogP contribution < -0.4 is 9.47 Å². The van der Waals surface area contributed by atoms with Crippen LogP contribution in [-0.4, -0.2) is 74.9 Å². The van der Waals surface area contributed by atoms with Crippen molar-refractivity contribution in [1.29, 1.82) is 0 Å². The number of rotatable bonds is 7. The van der Waals surface area contributed by atoms with Gasteiger partial charge in [-0.3, -0.25) is 4.79 Å². The Bertz CT molecular complexity index is 1010. The zero-order valence-corrected chi connectivity index (χ0v) is 23.2. The first-order chi connectivity index (χ1) is 16.8. The molecule has 0 aromatic carbocycles. The molecular weight excluding hydrogens is 588 g/mol. The number of pyridine rings is 2. The standard InChI is InChI=1S/C13H16BrNO4.C11H14BrNO3/c1-9(16)19-8-13(3-4-18-7-13)11-5-10(17-2)6-12(14)15-11;1-15-8-4-9(13-10(12)5-8)11(6-14)2-3-16-7-11/h5-6H,3-4,7-8H2,1-2H3;4-5,14H,2-3,6-7H2,1H3/t;11-/m.1/s1. The van der Waals surface area contributed by atoms with Gasteiger partial charge in [-0.15, -0.1) is 0 Å². The number of ether oxygens (including phenoxy) is 5. The maximum Gasteiger partial charge on any atom is 0.302 e. The summed E-state index contributed by atoms with van der Waals surface area (Å²) in [5.74, 6) is 1.15. The summed E-state index contributed by atoms with van der Waals surface area (Å²) in [5, 5.41) is 9.55. The van der Waals surface area contributed by atoms with Crippen molar-refractivity contribution in [1.82, 2.24) is 9.97 Å². The molecule has 2 atom stereocenters. The van der Waals surface area contributed by atoms with Crippen LogP contribution in [0.25, 0.3) is 0 Å². The van der Waals surface area contributed by atoms with E-state index in [1.54, 1.807) is 26.4 Å². The number of carbonyl (C=O) groups excluding carboxylic acids is 1. The lowest BCUT2D eigenvalue weighted by Gasteiger charge is -2.26. The van der Waals surface area contributed by atoms with Gasteiger partial charge in [0.05, 0.1) is 56.3 Å². The summed E-state index contributed by atoms with van der Waals surface area (Å²) in [4.78, 5) is 19.9. The fourth-order valence-corrected chi connectivity index (χ4v) is 4.81. The van der Waals surface area contributed by atoms with Gasteiger partial charge in [-0.25, -0.2) is 9.97 Å². The van der Waals surface area contributed by atoms with Crippen LogP contribution in [0, 0.1) is 0 Å². The van der Waals surface area contributed by atoms with Crippen LogP contribution in [0.5, 0.6) is 11.5 Å². The molecule has 0 spiro atoms. The minimum atomic E-state index is -0.386. The summed E-state index contributed by atoms with van der Waals surface area (Å²) in [7, 11) is 3.22. The summed E-state index contributed by atoms with van der Waals surface area (Å²) in [6.07, 6.45) is 1.56. The summed E-state index contributed by atoms with van der Waals surface area (Å²) < 4.78 is 27.9. The first kappa shape index (κ1) is 27.8. The molecule has 1 N–H and O–H groups in total. The lowest BCUT2D eigenvalue weighted by Crippen LogP contribution is -2.34. The lowest BCUT2D eigenvalue weighted by molar-refractivity contribution is -0.143. The topological polar surface area (TPSA) is 109 Å². The van der Waals surface area contributed by atoms with Crippen LogP contribution in [0.3, 0.4) is 0 Å². The van der Waals surface area contributed by atoms with E-state index in [4.69, 9.17) is 23.7 Å². The molecule has 4 rings (SSSR count). The number of nitrogens with zero attached hydrogens (tertiary/aromatic N) is 2. The molecule has 2 aromatic heterocycles. The molecule has 0 bridgehead atoms. The molecule has 2 aromatic rings. The van der Waals surface area contributed by atoms with E-state index in [9.17, 15) is 9.90 Å². The SMILES string of the molecule is COc1cc(Br)nc(C2(COC(C)=O)CCOC2)c1.COc1cc(Br)nc([C@@]2(CO)CCOC2)c1. The van der Waals surface area contributed by atoms with E-state index in [0.717, 1.165) is 30.0 Å². The molecule has 4 heterocycles. The number of carbonyl (C=O) groups is 1. The molecule has 0 amide bonds. The molecule has 2 aliphatic heterocycles. The molecule has 11 heteroatoms. The number of aliphatic hydroxyl groups excluding tert-OH is 1. The van der Waals surface area contributed by atoms with Gasteiger partial charge in [-0.2, -0.15) is 0 Å². The van der Waals surface area contributed by atoms with Crippen LogP contribution in [0.15, 0.2) is 33.5 Å². The van der Waals surface area contributed by atoms with Gasteiger partial charge in [0, 0.05) is 44.4 Å². The van der Waals surface area contributed by atoms with E-state index in [-0.39, 0.29) is 30.0 Å². The third kappa shape index (κ3) is 6.91. The number of aromatic nitrogens is 2. The minimum absolute atomic E-state index is 0.0413. The van der Waals surface area contributed by atoms with E-state index in [1.165, 1.54) is 6.92 Å². The Balaban J connectivity index is 0.000000198. The average Bonchev–Trinajstić information content (AvgIpc) is 3.53. The van der Waals surface area contributed by atoms with Crippen molar-refractivity contribution in [3.8, 4) is 11.5 Å². The molecule has 192 valence electrons. The number of halogens is 2. The number of esters is 1. The highest BCUT2D eigenvalue weighted by molar-refractivity contribution is 9.10. The Hall–Kier alpha value is -1.79. The summed E-state index contributed by atoms with van der Waals surface area (Å²) >= 11 is 6.71. The van der Waals surface area contributed by atoms with Crippen LogP contribution in [-0.2, 0) is 29.8 Å². The molecule has 0 radical (unpaired) electrons. The Morgan fingerprint density at radius 2 is 1.43 bits per heavy atom. The molecule has 9 nitrogen and oxygen atoms in total. The van der Waals surface area contributed by atoms with Crippen molar-refractivity contribution < 1.29 is 33.6 Å². The van der Waals surface area contributed by atoms with Gasteiger partial charge < -0.3 is 28.8 Å². The van der Waals surface area contributed by atoms with Gasteiger partial charge in [-0.1, -0.05) is 0 Å². The van der Waals surface area contributed by atoms with Crippen molar-refractivity contribution in [2.75, 3.05) is 53.9 Å². The third-order valence-electron chi connectivity index (χ3n) is 6.15. The van der Waals surface area contributed by atoms with Gasteiger partial charge in [0.2, 0.25) is 0 Å². The fourth-order valence-electron chi connectivity index (χ4n) is 3.98. The number of hydrogen-bond donors (Lipinski definition) is 1. The van der Waals surface area contributed by atoms with Crippen molar-refractivity contribution in [2.24, 2.45) is 0 Å².